The largest absolute Gasteiger partial charge is 0.473 e. The van der Waals surface area contributed by atoms with Gasteiger partial charge in [0.2, 0.25) is 5.90 Å². The number of halogens is 2. The second-order valence-corrected chi connectivity index (χ2v) is 4.19. The van der Waals surface area contributed by atoms with Gasteiger partial charge in [0.15, 0.2) is 0 Å². The number of rotatable bonds is 3. The van der Waals surface area contributed by atoms with E-state index < -0.39 is 0 Å². The number of hydrogen-bond acceptors (Lipinski definition) is 3. The van der Waals surface area contributed by atoms with Gasteiger partial charge in [-0.2, -0.15) is 0 Å². The molecule has 0 aliphatic heterocycles. The molecule has 0 bridgehead atoms. The first-order chi connectivity index (χ1) is 7.67. The molecule has 86 valence electrons. The number of nitrogens with zero attached hydrogens (tertiary/aromatic N) is 1. The predicted molar refractivity (Wildman–Crippen MR) is 70.6 cm³/mol. The molecule has 0 aromatic heterocycles. The van der Waals surface area contributed by atoms with E-state index in [2.05, 4.69) is 27.6 Å². The van der Waals surface area contributed by atoms with Gasteiger partial charge in [-0.25, -0.2) is 4.39 Å². The predicted octanol–water partition coefficient (Wildman–Crippen LogP) is 2.45. The van der Waals surface area contributed by atoms with Crippen molar-refractivity contribution in [3.8, 4) is 0 Å². The van der Waals surface area contributed by atoms with Crippen LogP contribution in [0.2, 0.25) is 0 Å². The Morgan fingerprint density at radius 2 is 2.38 bits per heavy atom. The zero-order valence-corrected chi connectivity index (χ0v) is 10.9. The van der Waals surface area contributed by atoms with Crippen LogP contribution in [0.3, 0.4) is 0 Å². The van der Waals surface area contributed by atoms with Crippen molar-refractivity contribution in [1.82, 2.24) is 0 Å². The number of aliphatic imine (C=N–C) groups is 1. The van der Waals surface area contributed by atoms with Gasteiger partial charge >= 0.3 is 0 Å². The number of ether oxygens (including phenoxy) is 1. The molecule has 1 aromatic rings. The fourth-order valence-electron chi connectivity index (χ4n) is 1.06. The van der Waals surface area contributed by atoms with Gasteiger partial charge < -0.3 is 10.5 Å². The van der Waals surface area contributed by atoms with Gasteiger partial charge in [-0.3, -0.25) is 4.99 Å². The first-order valence-electron chi connectivity index (χ1n) is 4.59. The zero-order chi connectivity index (χ0) is 12.0. The highest BCUT2D eigenvalue weighted by atomic mass is 127. The summed E-state index contributed by atoms with van der Waals surface area (Å²) in [7, 11) is 1.58. The fraction of sp³-hybridized carbons (Fsp3) is 0.182. The van der Waals surface area contributed by atoms with E-state index in [0.717, 1.165) is 3.57 Å². The topological polar surface area (TPSA) is 47.6 Å². The van der Waals surface area contributed by atoms with Gasteiger partial charge in [-0.15, -0.1) is 0 Å². The second kappa shape index (κ2) is 6.47. The van der Waals surface area contributed by atoms with Crippen LogP contribution in [0.4, 0.5) is 4.39 Å². The maximum atomic E-state index is 13.4. The summed E-state index contributed by atoms with van der Waals surface area (Å²) in [4.78, 5) is 3.84. The Kier molecular flexibility index (Phi) is 5.24. The molecule has 0 radical (unpaired) electrons. The Hall–Kier alpha value is -1.11. The Labute approximate surface area is 107 Å². The first kappa shape index (κ1) is 13.0. The minimum absolute atomic E-state index is 0.139. The molecule has 0 saturated heterocycles. The van der Waals surface area contributed by atoms with Crippen molar-refractivity contribution in [1.29, 1.82) is 0 Å². The molecule has 0 spiro atoms. The number of nitrogens with two attached hydrogens (primary N) is 1. The highest BCUT2D eigenvalue weighted by Gasteiger charge is 2.04. The Morgan fingerprint density at radius 1 is 1.62 bits per heavy atom. The lowest BCUT2D eigenvalue weighted by molar-refractivity contribution is 0.288. The normalized spacial score (nSPS) is 12.1. The van der Waals surface area contributed by atoms with Crippen LogP contribution in [-0.2, 0) is 11.3 Å². The molecule has 0 aliphatic carbocycles. The Balaban J connectivity index is 2.67. The Bertz CT molecular complexity index is 418. The lowest BCUT2D eigenvalue weighted by Crippen LogP contribution is -2.04. The van der Waals surface area contributed by atoms with E-state index in [9.17, 15) is 4.39 Å². The van der Waals surface area contributed by atoms with Crippen LogP contribution < -0.4 is 5.73 Å². The van der Waals surface area contributed by atoms with E-state index >= 15 is 0 Å². The van der Waals surface area contributed by atoms with Crippen LogP contribution in [0.25, 0.3) is 0 Å². The van der Waals surface area contributed by atoms with E-state index in [4.69, 9.17) is 10.5 Å². The van der Waals surface area contributed by atoms with E-state index in [1.807, 2.05) is 6.07 Å². The van der Waals surface area contributed by atoms with Gasteiger partial charge in [-0.1, -0.05) is 6.07 Å². The monoisotopic (exact) mass is 334 g/mol. The van der Waals surface area contributed by atoms with Gasteiger partial charge in [0.1, 0.15) is 12.4 Å². The van der Waals surface area contributed by atoms with Crippen LogP contribution >= 0.6 is 22.6 Å². The van der Waals surface area contributed by atoms with Crippen molar-refractivity contribution in [2.75, 3.05) is 7.05 Å². The summed E-state index contributed by atoms with van der Waals surface area (Å²) in [6.07, 6.45) is 2.84. The van der Waals surface area contributed by atoms with E-state index in [1.165, 1.54) is 18.3 Å². The lowest BCUT2D eigenvalue weighted by atomic mass is 10.2. The van der Waals surface area contributed by atoms with Crippen LogP contribution in [0.1, 0.15) is 5.56 Å². The van der Waals surface area contributed by atoms with Crippen molar-refractivity contribution < 1.29 is 9.13 Å². The summed E-state index contributed by atoms with van der Waals surface area (Å²) in [5.74, 6) is 0.0968. The third-order valence-corrected chi connectivity index (χ3v) is 2.52. The molecule has 0 amide bonds. The molecular formula is C11H12FIN2O. The standard InChI is InChI=1S/C11H12FIN2O/c1-15-11(4-5-14)16-7-8-2-3-9(13)6-10(8)12/h2-6H,7,14H2,1H3. The summed E-state index contributed by atoms with van der Waals surface area (Å²) >= 11 is 2.05. The summed E-state index contributed by atoms with van der Waals surface area (Å²) in [6, 6.07) is 4.97. The number of benzene rings is 1. The van der Waals surface area contributed by atoms with Crippen molar-refractivity contribution in [3.63, 3.8) is 0 Å². The molecule has 2 N–H and O–H groups in total. The van der Waals surface area contributed by atoms with E-state index in [1.54, 1.807) is 13.1 Å². The molecule has 1 aromatic carbocycles. The SMILES string of the molecule is CN=C(C=CN)OCc1ccc(I)cc1F. The average Bonchev–Trinajstić information content (AvgIpc) is 2.26. The quantitative estimate of drug-likeness (QED) is 0.524. The minimum Gasteiger partial charge on any atom is -0.473 e. The minimum atomic E-state index is -0.279. The van der Waals surface area contributed by atoms with Gasteiger partial charge in [0, 0.05) is 22.3 Å². The zero-order valence-electron chi connectivity index (χ0n) is 8.78. The molecule has 0 fully saturated rings. The third kappa shape index (κ3) is 3.80. The summed E-state index contributed by atoms with van der Waals surface area (Å²) in [6.45, 7) is 0.139. The van der Waals surface area contributed by atoms with Crippen LogP contribution in [0, 0.1) is 9.39 Å². The smallest absolute Gasteiger partial charge is 0.210 e. The summed E-state index contributed by atoms with van der Waals surface area (Å²) in [5.41, 5.74) is 5.70. The molecule has 3 nitrogen and oxygen atoms in total. The highest BCUT2D eigenvalue weighted by Crippen LogP contribution is 2.13. The van der Waals surface area contributed by atoms with E-state index in [-0.39, 0.29) is 12.4 Å². The highest BCUT2D eigenvalue weighted by molar-refractivity contribution is 14.1. The number of hydrogen-bond donors (Lipinski definition) is 1. The van der Waals surface area contributed by atoms with Crippen LogP contribution in [0.15, 0.2) is 35.5 Å². The first-order valence-corrected chi connectivity index (χ1v) is 5.67. The van der Waals surface area contributed by atoms with Crippen molar-refractivity contribution in [3.05, 3.63) is 45.4 Å². The molecule has 16 heavy (non-hydrogen) atoms. The lowest BCUT2D eigenvalue weighted by Gasteiger charge is -2.06. The Morgan fingerprint density at radius 3 is 2.94 bits per heavy atom. The molecule has 0 aliphatic rings. The van der Waals surface area contributed by atoms with Gasteiger partial charge in [0.05, 0.1) is 0 Å². The average molecular weight is 334 g/mol. The molecular weight excluding hydrogens is 322 g/mol. The van der Waals surface area contributed by atoms with E-state index in [0.29, 0.717) is 11.5 Å². The molecule has 0 saturated carbocycles. The van der Waals surface area contributed by atoms with Gasteiger partial charge in [0.25, 0.3) is 0 Å². The van der Waals surface area contributed by atoms with Crippen LogP contribution in [0.5, 0.6) is 0 Å². The van der Waals surface area contributed by atoms with Crippen LogP contribution in [-0.4, -0.2) is 12.9 Å². The second-order valence-electron chi connectivity index (χ2n) is 2.95. The third-order valence-electron chi connectivity index (χ3n) is 1.85. The molecule has 0 heterocycles. The summed E-state index contributed by atoms with van der Waals surface area (Å²) < 4.78 is 19.6. The van der Waals surface area contributed by atoms with Crippen molar-refractivity contribution in [2.45, 2.75) is 6.61 Å². The molecule has 0 atom stereocenters. The summed E-state index contributed by atoms with van der Waals surface area (Å²) in [5, 5.41) is 0. The maximum Gasteiger partial charge on any atom is 0.210 e. The van der Waals surface area contributed by atoms with Crippen molar-refractivity contribution in [2.24, 2.45) is 10.7 Å². The van der Waals surface area contributed by atoms with Crippen molar-refractivity contribution >= 4 is 28.5 Å². The molecule has 1 rings (SSSR count). The van der Waals surface area contributed by atoms with Gasteiger partial charge in [-0.05, 0) is 40.9 Å². The maximum absolute atomic E-state index is 13.4. The molecule has 0 unspecified atom stereocenters. The molecule has 5 heteroatoms. The fourth-order valence-corrected chi connectivity index (χ4v) is 1.51.